The van der Waals surface area contributed by atoms with Crippen molar-refractivity contribution in [2.24, 2.45) is 17.3 Å². The van der Waals surface area contributed by atoms with Gasteiger partial charge in [0.15, 0.2) is 0 Å². The highest BCUT2D eigenvalue weighted by molar-refractivity contribution is 5.10. The molecule has 0 bridgehead atoms. The highest BCUT2D eigenvalue weighted by Crippen LogP contribution is 2.51. The first-order valence-corrected chi connectivity index (χ1v) is 8.94. The van der Waals surface area contributed by atoms with E-state index in [-0.39, 0.29) is 5.41 Å². The molecule has 2 aliphatic rings. The molecule has 2 fully saturated rings. The molecule has 1 saturated carbocycles. The minimum absolute atomic E-state index is 0.288. The maximum Gasteiger partial charge on any atom is 0.0684 e. The van der Waals surface area contributed by atoms with Crippen LogP contribution in [0.1, 0.15) is 53.4 Å². The minimum Gasteiger partial charge on any atom is -0.377 e. The quantitative estimate of drug-likeness (QED) is 0.781. The van der Waals surface area contributed by atoms with E-state index in [0.717, 1.165) is 25.0 Å². The number of likely N-dealkylation sites (N-methyl/N-ethyl adjacent to an activating group) is 1. The maximum absolute atomic E-state index is 6.02. The fraction of sp³-hybridized carbons (Fsp3) is 1.00. The van der Waals surface area contributed by atoms with Gasteiger partial charge >= 0.3 is 0 Å². The predicted molar refractivity (Wildman–Crippen MR) is 89.6 cm³/mol. The van der Waals surface area contributed by atoms with Crippen LogP contribution in [-0.2, 0) is 4.74 Å². The summed E-state index contributed by atoms with van der Waals surface area (Å²) in [7, 11) is 4.45. The van der Waals surface area contributed by atoms with Crippen molar-refractivity contribution in [3.63, 3.8) is 0 Å². The van der Waals surface area contributed by atoms with Crippen molar-refractivity contribution in [3.05, 3.63) is 0 Å². The topological polar surface area (TPSA) is 24.5 Å². The second-order valence-electron chi connectivity index (χ2n) is 7.91. The first-order chi connectivity index (χ1) is 9.93. The van der Waals surface area contributed by atoms with Gasteiger partial charge in [-0.2, -0.15) is 0 Å². The zero-order chi connectivity index (χ0) is 15.6. The lowest BCUT2D eigenvalue weighted by molar-refractivity contribution is -0.193. The molecule has 0 spiro atoms. The van der Waals surface area contributed by atoms with Crippen molar-refractivity contribution < 1.29 is 4.74 Å². The first-order valence-electron chi connectivity index (χ1n) is 8.94. The van der Waals surface area contributed by atoms with E-state index in [1.165, 1.54) is 25.7 Å². The summed E-state index contributed by atoms with van der Waals surface area (Å²) in [6.07, 6.45) is 5.59. The van der Waals surface area contributed by atoms with Gasteiger partial charge in [-0.3, -0.25) is 0 Å². The summed E-state index contributed by atoms with van der Waals surface area (Å²) in [4.78, 5) is 2.41. The number of ether oxygens (including phenoxy) is 1. The molecule has 1 saturated heterocycles. The molecular formula is C18H36N2O. The summed E-state index contributed by atoms with van der Waals surface area (Å²) in [6.45, 7) is 11.5. The van der Waals surface area contributed by atoms with Crippen molar-refractivity contribution in [2.75, 3.05) is 27.2 Å². The maximum atomic E-state index is 6.02. The van der Waals surface area contributed by atoms with Gasteiger partial charge in [-0.05, 0) is 32.9 Å². The van der Waals surface area contributed by atoms with Crippen LogP contribution in [0.25, 0.3) is 0 Å². The molecule has 4 atom stereocenters. The van der Waals surface area contributed by atoms with Crippen molar-refractivity contribution in [2.45, 2.75) is 71.6 Å². The fourth-order valence-corrected chi connectivity index (χ4v) is 4.79. The lowest BCUT2D eigenvalue weighted by Crippen LogP contribution is -2.70. The molecule has 124 valence electrons. The summed E-state index contributed by atoms with van der Waals surface area (Å²) in [5.41, 5.74) is 0.288. The van der Waals surface area contributed by atoms with Gasteiger partial charge in [0.05, 0.1) is 6.10 Å². The third-order valence-corrected chi connectivity index (χ3v) is 6.13. The second-order valence-corrected chi connectivity index (χ2v) is 7.91. The predicted octanol–water partition coefficient (Wildman–Crippen LogP) is 3.15. The molecule has 1 aliphatic heterocycles. The number of rotatable bonds is 7. The molecule has 0 aromatic heterocycles. The number of fused-ring (bicyclic) bond motifs is 1. The van der Waals surface area contributed by atoms with Crippen LogP contribution < -0.4 is 5.32 Å². The SMILES string of the molecule is CCC(CC)C(CNC1C2CCCOC2C1(C)C)N(C)C. The lowest BCUT2D eigenvalue weighted by atomic mass is 9.55. The van der Waals surface area contributed by atoms with Gasteiger partial charge in [-0.1, -0.05) is 40.5 Å². The molecule has 0 aromatic carbocycles. The minimum atomic E-state index is 0.288. The van der Waals surface area contributed by atoms with Crippen molar-refractivity contribution >= 4 is 0 Å². The van der Waals surface area contributed by atoms with Crippen LogP contribution in [-0.4, -0.2) is 50.3 Å². The number of hydrogen-bond acceptors (Lipinski definition) is 3. The van der Waals surface area contributed by atoms with E-state index >= 15 is 0 Å². The molecule has 0 radical (unpaired) electrons. The van der Waals surface area contributed by atoms with Crippen LogP contribution in [0, 0.1) is 17.3 Å². The Morgan fingerprint density at radius 1 is 1.24 bits per heavy atom. The molecule has 3 nitrogen and oxygen atoms in total. The van der Waals surface area contributed by atoms with Crippen LogP contribution in [0.3, 0.4) is 0 Å². The molecule has 2 rings (SSSR count). The summed E-state index contributed by atoms with van der Waals surface area (Å²) in [6, 6.07) is 1.26. The fourth-order valence-electron chi connectivity index (χ4n) is 4.79. The molecular weight excluding hydrogens is 260 g/mol. The third kappa shape index (κ3) is 3.30. The smallest absolute Gasteiger partial charge is 0.0684 e. The molecule has 1 aliphatic carbocycles. The van der Waals surface area contributed by atoms with E-state index in [9.17, 15) is 0 Å². The summed E-state index contributed by atoms with van der Waals surface area (Å²) in [5, 5.41) is 3.92. The van der Waals surface area contributed by atoms with E-state index in [1.54, 1.807) is 0 Å². The Hall–Kier alpha value is -0.120. The number of nitrogens with one attached hydrogen (secondary N) is 1. The zero-order valence-electron chi connectivity index (χ0n) is 15.0. The Bertz CT molecular complexity index is 325. The van der Waals surface area contributed by atoms with Crippen molar-refractivity contribution in [3.8, 4) is 0 Å². The Morgan fingerprint density at radius 2 is 1.90 bits per heavy atom. The van der Waals surface area contributed by atoms with Crippen LogP contribution in [0.4, 0.5) is 0 Å². The molecule has 3 heteroatoms. The number of hydrogen-bond donors (Lipinski definition) is 1. The highest BCUT2D eigenvalue weighted by Gasteiger charge is 2.57. The van der Waals surface area contributed by atoms with Gasteiger partial charge in [-0.25, -0.2) is 0 Å². The van der Waals surface area contributed by atoms with Crippen molar-refractivity contribution in [1.29, 1.82) is 0 Å². The second kappa shape index (κ2) is 6.97. The van der Waals surface area contributed by atoms with Crippen molar-refractivity contribution in [1.82, 2.24) is 10.2 Å². The van der Waals surface area contributed by atoms with E-state index in [1.807, 2.05) is 0 Å². The van der Waals surface area contributed by atoms with Crippen LogP contribution in [0.5, 0.6) is 0 Å². The first kappa shape index (κ1) is 17.2. The van der Waals surface area contributed by atoms with Crippen LogP contribution in [0.15, 0.2) is 0 Å². The molecule has 1 N–H and O–H groups in total. The third-order valence-electron chi connectivity index (χ3n) is 6.13. The average molecular weight is 296 g/mol. The molecule has 0 aromatic rings. The Balaban J connectivity index is 1.94. The highest BCUT2D eigenvalue weighted by atomic mass is 16.5. The van der Waals surface area contributed by atoms with Gasteiger partial charge < -0.3 is 15.0 Å². The van der Waals surface area contributed by atoms with Gasteiger partial charge in [-0.15, -0.1) is 0 Å². The Labute approximate surface area is 131 Å². The average Bonchev–Trinajstić information content (AvgIpc) is 2.46. The van der Waals surface area contributed by atoms with Gasteiger partial charge in [0.25, 0.3) is 0 Å². The van der Waals surface area contributed by atoms with Gasteiger partial charge in [0.2, 0.25) is 0 Å². The normalized spacial score (nSPS) is 32.9. The Morgan fingerprint density at radius 3 is 2.48 bits per heavy atom. The summed E-state index contributed by atoms with van der Waals surface area (Å²) < 4.78 is 6.02. The van der Waals surface area contributed by atoms with Gasteiger partial charge in [0, 0.05) is 36.6 Å². The van der Waals surface area contributed by atoms with Gasteiger partial charge in [0.1, 0.15) is 0 Å². The van der Waals surface area contributed by atoms with Crippen LogP contribution in [0.2, 0.25) is 0 Å². The lowest BCUT2D eigenvalue weighted by Gasteiger charge is -2.60. The molecule has 4 unspecified atom stereocenters. The Kier molecular flexibility index (Phi) is 5.72. The molecule has 1 heterocycles. The molecule has 21 heavy (non-hydrogen) atoms. The largest absolute Gasteiger partial charge is 0.377 e. The van der Waals surface area contributed by atoms with E-state index in [0.29, 0.717) is 18.2 Å². The number of nitrogens with zero attached hydrogens (tertiary/aromatic N) is 1. The zero-order valence-corrected chi connectivity index (χ0v) is 15.0. The summed E-state index contributed by atoms with van der Waals surface area (Å²) in [5.74, 6) is 1.52. The summed E-state index contributed by atoms with van der Waals surface area (Å²) >= 11 is 0. The standard InChI is InChI=1S/C18H36N2O/c1-7-13(8-2)15(20(5)6)12-19-16-14-10-9-11-21-17(14)18(16,3)4/h13-17,19H,7-12H2,1-6H3. The molecule has 0 amide bonds. The van der Waals surface area contributed by atoms with E-state index in [4.69, 9.17) is 4.74 Å². The monoisotopic (exact) mass is 296 g/mol. The van der Waals surface area contributed by atoms with Crippen LogP contribution >= 0.6 is 0 Å². The van der Waals surface area contributed by atoms with E-state index in [2.05, 4.69) is 52.0 Å². The van der Waals surface area contributed by atoms with E-state index < -0.39 is 0 Å².